The summed E-state index contributed by atoms with van der Waals surface area (Å²) in [5.41, 5.74) is 0. The molecule has 0 saturated heterocycles. The van der Waals surface area contributed by atoms with Crippen LogP contribution < -0.4 is 10.2 Å². The van der Waals surface area contributed by atoms with E-state index in [0.29, 0.717) is 0 Å². The van der Waals surface area contributed by atoms with Crippen molar-refractivity contribution in [3.05, 3.63) is 0 Å². The maximum absolute atomic E-state index is 8.93. The minimum atomic E-state index is -2.19. The molecule has 0 aliphatic carbocycles. The Bertz CT molecular complexity index is 78.1. The summed E-state index contributed by atoms with van der Waals surface area (Å²) < 4.78 is 0. The van der Waals surface area contributed by atoms with Gasteiger partial charge in [-0.25, -0.2) is 0 Å². The molecule has 0 unspecified atom stereocenters. The molecule has 8 nitrogen and oxygen atoms in total. The van der Waals surface area contributed by atoms with E-state index in [1.807, 2.05) is 0 Å². The van der Waals surface area contributed by atoms with Gasteiger partial charge in [-0.15, -0.1) is 0 Å². The molecule has 0 aromatic carbocycles. The number of carboxylic acid groups (broad SMARTS) is 2. The van der Waals surface area contributed by atoms with Crippen molar-refractivity contribution in [3.8, 4) is 0 Å². The van der Waals surface area contributed by atoms with Gasteiger partial charge in [0.25, 0.3) is 0 Å². The summed E-state index contributed by atoms with van der Waals surface area (Å²) in [7, 11) is 0. The number of carboxylic acids is 2. The van der Waals surface area contributed by atoms with E-state index in [-0.39, 0.29) is 39.0 Å². The summed E-state index contributed by atoms with van der Waals surface area (Å²) in [5, 5.41) is 17.9. The molecule has 8 N–H and O–H groups in total. The fourth-order valence-electron chi connectivity index (χ4n) is 0. The van der Waals surface area contributed by atoms with E-state index in [4.69, 9.17) is 19.8 Å². The molecule has 0 amide bonds. The number of carbonyl (C=O) groups is 2. The van der Waals surface area contributed by atoms with Crippen molar-refractivity contribution < 1.29 is 58.8 Å². The molecule has 72 valence electrons. The van der Waals surface area contributed by atoms with Crippen LogP contribution in [0, 0.1) is 0 Å². The normalized spacial score (nSPS) is 4.00. The molecule has 0 aromatic rings. The van der Waals surface area contributed by atoms with Crippen LogP contribution in [0.5, 0.6) is 0 Å². The Hall–Kier alpha value is -0.701. The van der Waals surface area contributed by atoms with Crippen molar-refractivity contribution in [2.24, 2.45) is 0 Å². The largest absolute Gasteiger partial charge is 2.00 e. The van der Waals surface area contributed by atoms with Gasteiger partial charge < -0.3 is 41.7 Å². The summed E-state index contributed by atoms with van der Waals surface area (Å²) in [5.74, 6) is -4.37. The Morgan fingerprint density at radius 3 is 0.818 bits per heavy atom. The zero-order valence-corrected chi connectivity index (χ0v) is 6.09. The molecule has 0 saturated carbocycles. The van der Waals surface area contributed by atoms with Crippen molar-refractivity contribution in [2.45, 2.75) is 0 Å². The van der Waals surface area contributed by atoms with Crippen molar-refractivity contribution >= 4 is 11.9 Å². The summed E-state index contributed by atoms with van der Waals surface area (Å²) in [6.45, 7) is 0. The third-order valence-electron chi connectivity index (χ3n) is 0.167. The second-order valence-corrected chi connectivity index (χ2v) is 0.575. The predicted molar refractivity (Wildman–Crippen MR) is 24.5 cm³/mol. The summed E-state index contributed by atoms with van der Waals surface area (Å²) in [6.07, 6.45) is 0. The van der Waals surface area contributed by atoms with Crippen LogP contribution in [-0.2, 0) is 26.7 Å². The Kier molecular flexibility index (Phi) is 99.9. The number of carbonyl (C=O) groups excluding carboxylic acids is 2. The quantitative estimate of drug-likeness (QED) is 0.285. The predicted octanol–water partition coefficient (Wildman–Crippen LogP) is -6.82. The van der Waals surface area contributed by atoms with Crippen LogP contribution in [0.15, 0.2) is 0 Å². The van der Waals surface area contributed by atoms with E-state index >= 15 is 0 Å². The molecule has 0 radical (unpaired) electrons. The van der Waals surface area contributed by atoms with E-state index < -0.39 is 11.9 Å². The summed E-state index contributed by atoms with van der Waals surface area (Å²) in [4.78, 5) is 17.9. The SMILES string of the molecule is O.O.O.O.O=C([O-])C(=O)[O-].[Fe+2]. The maximum Gasteiger partial charge on any atom is 2.00 e. The third-order valence-corrected chi connectivity index (χ3v) is 0.167. The first-order valence-electron chi connectivity index (χ1n) is 1.07. The van der Waals surface area contributed by atoms with Gasteiger partial charge in [0.05, 0.1) is 11.9 Å². The van der Waals surface area contributed by atoms with Crippen molar-refractivity contribution in [2.75, 3.05) is 0 Å². The Balaban J connectivity index is -0.0000000125. The monoisotopic (exact) mass is 216 g/mol. The number of hydrogen-bond donors (Lipinski definition) is 0. The molecule has 0 spiro atoms. The molecule has 0 aliphatic heterocycles. The first kappa shape index (κ1) is 48.2. The van der Waals surface area contributed by atoms with E-state index in [0.717, 1.165) is 0 Å². The van der Waals surface area contributed by atoms with Gasteiger partial charge in [-0.05, 0) is 0 Å². The van der Waals surface area contributed by atoms with Crippen molar-refractivity contribution in [1.29, 1.82) is 0 Å². The zero-order chi connectivity index (χ0) is 5.15. The van der Waals surface area contributed by atoms with Crippen molar-refractivity contribution in [1.82, 2.24) is 0 Å². The van der Waals surface area contributed by atoms with Crippen molar-refractivity contribution in [3.63, 3.8) is 0 Å². The standard InChI is InChI=1S/C2H2O4.Fe.4H2O/c3-1(4)2(5)6;;;;;/h(H,3,4)(H,5,6);;4*1H2/q;+2;;;;/p-2. The van der Waals surface area contributed by atoms with Crippen LogP contribution in [0.1, 0.15) is 0 Å². The van der Waals surface area contributed by atoms with Crippen LogP contribution in [0.3, 0.4) is 0 Å². The average Bonchev–Trinajstić information content (AvgIpc) is 1.36. The second-order valence-electron chi connectivity index (χ2n) is 0.575. The summed E-state index contributed by atoms with van der Waals surface area (Å²) >= 11 is 0. The van der Waals surface area contributed by atoms with E-state index in [9.17, 15) is 0 Å². The molecule has 0 aromatic heterocycles. The third kappa shape index (κ3) is 45.5. The van der Waals surface area contributed by atoms with Crippen LogP contribution in [0.2, 0.25) is 0 Å². The van der Waals surface area contributed by atoms with E-state index in [2.05, 4.69) is 0 Å². The molecular weight excluding hydrogens is 208 g/mol. The maximum atomic E-state index is 8.93. The van der Waals surface area contributed by atoms with Gasteiger partial charge in [-0.2, -0.15) is 0 Å². The number of rotatable bonds is 0. The minimum absolute atomic E-state index is 0. The molecule has 9 heteroatoms. The molecule has 0 rings (SSSR count). The Labute approximate surface area is 71.5 Å². The first-order valence-corrected chi connectivity index (χ1v) is 1.07. The minimum Gasteiger partial charge on any atom is -0.543 e. The molecule has 0 heterocycles. The fourth-order valence-corrected chi connectivity index (χ4v) is 0. The van der Waals surface area contributed by atoms with Crippen LogP contribution in [0.25, 0.3) is 0 Å². The molecule has 11 heavy (non-hydrogen) atoms. The van der Waals surface area contributed by atoms with Crippen LogP contribution >= 0.6 is 0 Å². The molecule has 0 fully saturated rings. The van der Waals surface area contributed by atoms with Gasteiger partial charge >= 0.3 is 17.1 Å². The van der Waals surface area contributed by atoms with E-state index in [1.165, 1.54) is 0 Å². The van der Waals surface area contributed by atoms with Gasteiger partial charge in [0.1, 0.15) is 0 Å². The van der Waals surface area contributed by atoms with Crippen LogP contribution in [-0.4, -0.2) is 33.8 Å². The number of hydrogen-bond acceptors (Lipinski definition) is 4. The Morgan fingerprint density at radius 1 is 0.727 bits per heavy atom. The van der Waals surface area contributed by atoms with Gasteiger partial charge in [-0.3, -0.25) is 0 Å². The van der Waals surface area contributed by atoms with E-state index in [1.54, 1.807) is 0 Å². The topological polar surface area (TPSA) is 206 Å². The smallest absolute Gasteiger partial charge is 0.543 e. The fraction of sp³-hybridized carbons (Fsp3) is 0. The molecule has 0 aliphatic rings. The zero-order valence-electron chi connectivity index (χ0n) is 4.99. The van der Waals surface area contributed by atoms with Gasteiger partial charge in [0, 0.05) is 0 Å². The molecule has 0 atom stereocenters. The first-order chi connectivity index (χ1) is 2.64. The molecular formula is C2H8FeO8. The average molecular weight is 216 g/mol. The van der Waals surface area contributed by atoms with Gasteiger partial charge in [-0.1, -0.05) is 0 Å². The second kappa shape index (κ2) is 22.8. The molecule has 0 bridgehead atoms. The van der Waals surface area contributed by atoms with Gasteiger partial charge in [0.2, 0.25) is 0 Å². The summed E-state index contributed by atoms with van der Waals surface area (Å²) in [6, 6.07) is 0. The Morgan fingerprint density at radius 2 is 0.818 bits per heavy atom. The van der Waals surface area contributed by atoms with Crippen LogP contribution in [0.4, 0.5) is 0 Å². The number of aliphatic carboxylic acids is 2. The van der Waals surface area contributed by atoms with Gasteiger partial charge in [0.15, 0.2) is 0 Å².